The molecule has 1 rings (SSSR count). The second kappa shape index (κ2) is 8.60. The first kappa shape index (κ1) is 20.6. The van der Waals surface area contributed by atoms with Gasteiger partial charge in [-0.3, -0.25) is 4.79 Å². The van der Waals surface area contributed by atoms with Crippen molar-refractivity contribution in [1.29, 1.82) is 0 Å². The topological polar surface area (TPSA) is 92.5 Å². The fourth-order valence-electron chi connectivity index (χ4n) is 2.19. The van der Waals surface area contributed by atoms with E-state index in [0.29, 0.717) is 25.2 Å². The first-order chi connectivity index (χ1) is 11.1. The quantitative estimate of drug-likeness (QED) is 0.708. The third-order valence-corrected chi connectivity index (χ3v) is 5.32. The molecule has 0 bridgehead atoms. The molecule has 6 nitrogen and oxygen atoms in total. The van der Waals surface area contributed by atoms with Crippen LogP contribution < -0.4 is 11.1 Å². The number of amides is 1. The van der Waals surface area contributed by atoms with E-state index in [1.807, 2.05) is 27.7 Å². The summed E-state index contributed by atoms with van der Waals surface area (Å²) in [6, 6.07) is 6.02. The number of hydrogen-bond donors (Lipinski definition) is 2. The largest absolute Gasteiger partial charge is 0.350 e. The monoisotopic (exact) mass is 355 g/mol. The number of carbonyl (C=O) groups is 1. The maximum absolute atomic E-state index is 12.7. The van der Waals surface area contributed by atoms with E-state index in [0.717, 1.165) is 12.8 Å². The lowest BCUT2D eigenvalue weighted by atomic mass is 10.1. The van der Waals surface area contributed by atoms with E-state index < -0.39 is 15.6 Å². The standard InChI is InChI=1S/C17H29N3O3S/c1-5-11-20(12-6-2)24(22,23)15-9-7-14(8-10-15)16(21)19-13-17(3,4)18/h7-10H,5-6,11-13,18H2,1-4H3,(H,19,21). The number of carbonyl (C=O) groups excluding carboxylic acids is 1. The summed E-state index contributed by atoms with van der Waals surface area (Å²) in [7, 11) is -3.52. The van der Waals surface area contributed by atoms with Crippen LogP contribution in [0.1, 0.15) is 50.9 Å². The molecule has 0 atom stereocenters. The summed E-state index contributed by atoms with van der Waals surface area (Å²) < 4.78 is 26.8. The molecule has 1 aromatic carbocycles. The van der Waals surface area contributed by atoms with E-state index in [4.69, 9.17) is 5.73 Å². The van der Waals surface area contributed by atoms with Crippen molar-refractivity contribution >= 4 is 15.9 Å². The van der Waals surface area contributed by atoms with Crippen molar-refractivity contribution in [2.45, 2.75) is 51.0 Å². The van der Waals surface area contributed by atoms with Crippen LogP contribution in [-0.4, -0.2) is 43.8 Å². The van der Waals surface area contributed by atoms with E-state index >= 15 is 0 Å². The second-order valence-electron chi connectivity index (χ2n) is 6.60. The smallest absolute Gasteiger partial charge is 0.251 e. The van der Waals surface area contributed by atoms with Gasteiger partial charge < -0.3 is 11.1 Å². The zero-order valence-corrected chi connectivity index (χ0v) is 15.8. The number of nitrogens with one attached hydrogen (secondary N) is 1. The Morgan fingerprint density at radius 1 is 1.12 bits per heavy atom. The highest BCUT2D eigenvalue weighted by molar-refractivity contribution is 7.89. The van der Waals surface area contributed by atoms with Crippen molar-refractivity contribution in [3.8, 4) is 0 Å². The van der Waals surface area contributed by atoms with Gasteiger partial charge in [0.1, 0.15) is 0 Å². The van der Waals surface area contributed by atoms with Crippen LogP contribution in [0.3, 0.4) is 0 Å². The molecule has 0 heterocycles. The maximum Gasteiger partial charge on any atom is 0.251 e. The first-order valence-electron chi connectivity index (χ1n) is 8.29. The highest BCUT2D eigenvalue weighted by Crippen LogP contribution is 2.17. The summed E-state index contributed by atoms with van der Waals surface area (Å²) in [5, 5.41) is 2.74. The van der Waals surface area contributed by atoms with Gasteiger partial charge in [-0.15, -0.1) is 0 Å². The molecular formula is C17H29N3O3S. The third kappa shape index (κ3) is 5.89. The van der Waals surface area contributed by atoms with E-state index in [2.05, 4.69) is 5.32 Å². The van der Waals surface area contributed by atoms with Crippen molar-refractivity contribution in [1.82, 2.24) is 9.62 Å². The summed E-state index contributed by atoms with van der Waals surface area (Å²) in [4.78, 5) is 12.3. The Morgan fingerprint density at radius 3 is 2.04 bits per heavy atom. The van der Waals surface area contributed by atoms with E-state index in [1.54, 1.807) is 0 Å². The van der Waals surface area contributed by atoms with Gasteiger partial charge in [0.15, 0.2) is 0 Å². The molecule has 0 aliphatic carbocycles. The van der Waals surface area contributed by atoms with Crippen molar-refractivity contribution in [3.63, 3.8) is 0 Å². The van der Waals surface area contributed by atoms with Crippen LogP contribution in [0, 0.1) is 0 Å². The number of sulfonamides is 1. The van der Waals surface area contributed by atoms with Crippen LogP contribution in [0.5, 0.6) is 0 Å². The van der Waals surface area contributed by atoms with Crippen LogP contribution >= 0.6 is 0 Å². The molecule has 0 radical (unpaired) electrons. The number of benzene rings is 1. The second-order valence-corrected chi connectivity index (χ2v) is 8.54. The van der Waals surface area contributed by atoms with Gasteiger partial charge in [0.05, 0.1) is 4.90 Å². The molecule has 0 aliphatic heterocycles. The maximum atomic E-state index is 12.7. The zero-order valence-electron chi connectivity index (χ0n) is 15.0. The molecular weight excluding hydrogens is 326 g/mol. The predicted molar refractivity (Wildman–Crippen MR) is 96.4 cm³/mol. The lowest BCUT2D eigenvalue weighted by Crippen LogP contribution is -2.45. The Kier molecular flexibility index (Phi) is 7.38. The van der Waals surface area contributed by atoms with Crippen LogP contribution in [0.2, 0.25) is 0 Å². The molecule has 0 saturated carbocycles. The zero-order chi connectivity index (χ0) is 18.4. The minimum atomic E-state index is -3.52. The average Bonchev–Trinajstić information content (AvgIpc) is 2.52. The van der Waals surface area contributed by atoms with Gasteiger partial charge in [0.25, 0.3) is 5.91 Å². The summed E-state index contributed by atoms with van der Waals surface area (Å²) in [5.74, 6) is -0.267. The Morgan fingerprint density at radius 2 is 1.62 bits per heavy atom. The Balaban J connectivity index is 2.91. The molecule has 1 aromatic rings. The molecule has 0 aromatic heterocycles. The van der Waals surface area contributed by atoms with Gasteiger partial charge in [0.2, 0.25) is 10.0 Å². The van der Waals surface area contributed by atoms with Crippen LogP contribution in [0.15, 0.2) is 29.2 Å². The molecule has 0 fully saturated rings. The van der Waals surface area contributed by atoms with Crippen LogP contribution in [-0.2, 0) is 10.0 Å². The van der Waals surface area contributed by atoms with Gasteiger partial charge in [0, 0.05) is 30.7 Å². The molecule has 0 aliphatic rings. The minimum absolute atomic E-state index is 0.208. The summed E-state index contributed by atoms with van der Waals surface area (Å²) in [6.07, 6.45) is 1.52. The Labute approximate surface area is 145 Å². The number of nitrogens with zero attached hydrogens (tertiary/aromatic N) is 1. The molecule has 0 saturated heterocycles. The van der Waals surface area contributed by atoms with E-state index in [1.165, 1.54) is 28.6 Å². The highest BCUT2D eigenvalue weighted by Gasteiger charge is 2.23. The van der Waals surface area contributed by atoms with Crippen LogP contribution in [0.25, 0.3) is 0 Å². The average molecular weight is 356 g/mol. The molecule has 24 heavy (non-hydrogen) atoms. The van der Waals surface area contributed by atoms with Gasteiger partial charge >= 0.3 is 0 Å². The van der Waals surface area contributed by atoms with Crippen molar-refractivity contribution in [3.05, 3.63) is 29.8 Å². The van der Waals surface area contributed by atoms with Gasteiger partial charge in [-0.25, -0.2) is 8.42 Å². The summed E-state index contributed by atoms with van der Waals surface area (Å²) >= 11 is 0. The van der Waals surface area contributed by atoms with Crippen molar-refractivity contribution in [2.24, 2.45) is 5.73 Å². The van der Waals surface area contributed by atoms with E-state index in [-0.39, 0.29) is 10.8 Å². The van der Waals surface area contributed by atoms with Crippen molar-refractivity contribution < 1.29 is 13.2 Å². The van der Waals surface area contributed by atoms with Crippen molar-refractivity contribution in [2.75, 3.05) is 19.6 Å². The first-order valence-corrected chi connectivity index (χ1v) is 9.73. The fraction of sp³-hybridized carbons (Fsp3) is 0.588. The Hall–Kier alpha value is -1.44. The molecule has 136 valence electrons. The van der Waals surface area contributed by atoms with Gasteiger partial charge in [-0.1, -0.05) is 13.8 Å². The normalized spacial score (nSPS) is 12.4. The fourth-order valence-corrected chi connectivity index (χ4v) is 3.81. The SMILES string of the molecule is CCCN(CCC)S(=O)(=O)c1ccc(C(=O)NCC(C)(C)N)cc1. The van der Waals surface area contributed by atoms with Crippen LogP contribution in [0.4, 0.5) is 0 Å². The lowest BCUT2D eigenvalue weighted by Gasteiger charge is -2.21. The molecule has 7 heteroatoms. The molecule has 1 amide bonds. The number of nitrogens with two attached hydrogens (primary N) is 1. The molecule has 0 spiro atoms. The number of rotatable bonds is 9. The summed E-state index contributed by atoms with van der Waals surface area (Å²) in [5.41, 5.74) is 5.75. The molecule has 0 unspecified atom stereocenters. The van der Waals surface area contributed by atoms with Gasteiger partial charge in [-0.2, -0.15) is 4.31 Å². The Bertz CT molecular complexity index is 628. The van der Waals surface area contributed by atoms with E-state index in [9.17, 15) is 13.2 Å². The predicted octanol–water partition coefficient (Wildman–Crippen LogP) is 1.96. The number of hydrogen-bond acceptors (Lipinski definition) is 4. The minimum Gasteiger partial charge on any atom is -0.350 e. The lowest BCUT2D eigenvalue weighted by molar-refractivity contribution is 0.0946. The van der Waals surface area contributed by atoms with Gasteiger partial charge in [-0.05, 0) is 51.0 Å². The third-order valence-electron chi connectivity index (χ3n) is 3.40. The highest BCUT2D eigenvalue weighted by atomic mass is 32.2. The molecule has 3 N–H and O–H groups in total. The summed E-state index contributed by atoms with van der Waals surface area (Å²) in [6.45, 7) is 8.85.